The van der Waals surface area contributed by atoms with Crippen molar-refractivity contribution < 1.29 is 5.11 Å². The van der Waals surface area contributed by atoms with E-state index in [-0.39, 0.29) is 0 Å². The molecular formula is C18H20N2O. The molecule has 3 nitrogen and oxygen atoms in total. The molecular weight excluding hydrogens is 260 g/mol. The Labute approximate surface area is 125 Å². The summed E-state index contributed by atoms with van der Waals surface area (Å²) in [4.78, 5) is 0. The average Bonchev–Trinajstić information content (AvgIpc) is 2.55. The number of aliphatic hydroxyl groups excluding tert-OH is 1. The van der Waals surface area contributed by atoms with Crippen LogP contribution in [0, 0.1) is 11.3 Å². The van der Waals surface area contributed by atoms with E-state index in [4.69, 9.17) is 5.26 Å². The van der Waals surface area contributed by atoms with Gasteiger partial charge in [-0.25, -0.2) is 0 Å². The van der Waals surface area contributed by atoms with Crippen molar-refractivity contribution in [1.82, 2.24) is 5.32 Å². The smallest absolute Gasteiger partial charge is 0.0991 e. The molecule has 0 radical (unpaired) electrons. The van der Waals surface area contributed by atoms with Gasteiger partial charge >= 0.3 is 0 Å². The summed E-state index contributed by atoms with van der Waals surface area (Å²) in [5, 5.41) is 22.2. The quantitative estimate of drug-likeness (QED) is 0.855. The van der Waals surface area contributed by atoms with E-state index in [0.29, 0.717) is 12.1 Å². The zero-order valence-electron chi connectivity index (χ0n) is 12.2. The second-order valence-electron chi connectivity index (χ2n) is 5.00. The van der Waals surface area contributed by atoms with Crippen LogP contribution in [0.4, 0.5) is 0 Å². The molecule has 3 heteroatoms. The van der Waals surface area contributed by atoms with Gasteiger partial charge in [0.05, 0.1) is 17.7 Å². The van der Waals surface area contributed by atoms with E-state index in [1.165, 1.54) is 11.1 Å². The lowest BCUT2D eigenvalue weighted by Crippen LogP contribution is -2.21. The maximum absolute atomic E-state index is 10.1. The summed E-state index contributed by atoms with van der Waals surface area (Å²) in [6, 6.07) is 17.4. The van der Waals surface area contributed by atoms with E-state index < -0.39 is 6.10 Å². The van der Waals surface area contributed by atoms with Gasteiger partial charge in [0.2, 0.25) is 0 Å². The summed E-state index contributed by atoms with van der Waals surface area (Å²) in [6.07, 6.45) is 0.447. The number of nitriles is 1. The summed E-state index contributed by atoms with van der Waals surface area (Å²) in [5.74, 6) is 0. The van der Waals surface area contributed by atoms with Crippen molar-refractivity contribution in [3.05, 3.63) is 70.8 Å². The summed E-state index contributed by atoms with van der Waals surface area (Å²) >= 11 is 0. The molecule has 0 spiro atoms. The SMILES string of the molecule is CCc1ccccc1CNCC(O)c1ccc(C#N)cc1. The lowest BCUT2D eigenvalue weighted by Gasteiger charge is -2.14. The molecule has 0 saturated heterocycles. The molecule has 1 unspecified atom stereocenters. The molecule has 0 aliphatic rings. The highest BCUT2D eigenvalue weighted by Crippen LogP contribution is 2.14. The van der Waals surface area contributed by atoms with Crippen LogP contribution in [0.25, 0.3) is 0 Å². The van der Waals surface area contributed by atoms with Gasteiger partial charge in [-0.2, -0.15) is 5.26 Å². The molecule has 2 N–H and O–H groups in total. The van der Waals surface area contributed by atoms with E-state index in [1.807, 2.05) is 12.1 Å². The van der Waals surface area contributed by atoms with Crippen LogP contribution in [-0.2, 0) is 13.0 Å². The Morgan fingerprint density at radius 2 is 1.76 bits per heavy atom. The third kappa shape index (κ3) is 4.16. The Balaban J connectivity index is 1.89. The first-order valence-corrected chi connectivity index (χ1v) is 7.20. The molecule has 0 heterocycles. The largest absolute Gasteiger partial charge is 0.387 e. The first-order valence-electron chi connectivity index (χ1n) is 7.20. The van der Waals surface area contributed by atoms with Crippen molar-refractivity contribution in [2.45, 2.75) is 26.0 Å². The first kappa shape index (κ1) is 15.2. The Bertz CT molecular complexity index is 614. The highest BCUT2D eigenvalue weighted by molar-refractivity contribution is 5.32. The summed E-state index contributed by atoms with van der Waals surface area (Å²) in [5.41, 5.74) is 4.03. The van der Waals surface area contributed by atoms with Crippen LogP contribution in [0.2, 0.25) is 0 Å². The summed E-state index contributed by atoms with van der Waals surface area (Å²) in [6.45, 7) is 3.38. The number of benzene rings is 2. The van der Waals surface area contributed by atoms with Crippen LogP contribution < -0.4 is 5.32 Å². The molecule has 2 rings (SSSR count). The van der Waals surface area contributed by atoms with Crippen molar-refractivity contribution in [1.29, 1.82) is 5.26 Å². The fraction of sp³-hybridized carbons (Fsp3) is 0.278. The van der Waals surface area contributed by atoms with E-state index in [0.717, 1.165) is 18.5 Å². The van der Waals surface area contributed by atoms with E-state index in [2.05, 4.69) is 30.4 Å². The molecule has 0 bridgehead atoms. The number of aliphatic hydroxyl groups is 1. The van der Waals surface area contributed by atoms with E-state index in [1.54, 1.807) is 24.3 Å². The number of hydrogen-bond donors (Lipinski definition) is 2. The Hall–Kier alpha value is -2.15. The summed E-state index contributed by atoms with van der Waals surface area (Å²) < 4.78 is 0. The van der Waals surface area contributed by atoms with Gasteiger partial charge in [0, 0.05) is 13.1 Å². The lowest BCUT2D eigenvalue weighted by atomic mass is 10.0. The maximum Gasteiger partial charge on any atom is 0.0991 e. The van der Waals surface area contributed by atoms with Gasteiger partial charge in [0.1, 0.15) is 0 Å². The molecule has 1 atom stereocenters. The van der Waals surface area contributed by atoms with E-state index >= 15 is 0 Å². The summed E-state index contributed by atoms with van der Waals surface area (Å²) in [7, 11) is 0. The third-order valence-corrected chi connectivity index (χ3v) is 3.58. The number of hydrogen-bond acceptors (Lipinski definition) is 3. The highest BCUT2D eigenvalue weighted by Gasteiger charge is 2.07. The molecule has 2 aromatic carbocycles. The van der Waals surface area contributed by atoms with Gasteiger partial charge in [-0.1, -0.05) is 43.3 Å². The van der Waals surface area contributed by atoms with Gasteiger partial charge < -0.3 is 10.4 Å². The average molecular weight is 280 g/mol. The topological polar surface area (TPSA) is 56.0 Å². The van der Waals surface area contributed by atoms with E-state index in [9.17, 15) is 5.11 Å². The van der Waals surface area contributed by atoms with Crippen LogP contribution in [-0.4, -0.2) is 11.7 Å². The van der Waals surface area contributed by atoms with Gasteiger partial charge in [-0.3, -0.25) is 0 Å². The van der Waals surface area contributed by atoms with Crippen LogP contribution in [0.15, 0.2) is 48.5 Å². The molecule has 0 fully saturated rings. The molecule has 2 aromatic rings. The molecule has 0 saturated carbocycles. The van der Waals surface area contributed by atoms with Gasteiger partial charge in [0.25, 0.3) is 0 Å². The fourth-order valence-corrected chi connectivity index (χ4v) is 2.32. The first-order chi connectivity index (χ1) is 10.2. The van der Waals surface area contributed by atoms with Crippen molar-refractivity contribution in [3.8, 4) is 6.07 Å². The van der Waals surface area contributed by atoms with Crippen molar-refractivity contribution >= 4 is 0 Å². The lowest BCUT2D eigenvalue weighted by molar-refractivity contribution is 0.174. The molecule has 21 heavy (non-hydrogen) atoms. The number of aryl methyl sites for hydroxylation is 1. The zero-order valence-corrected chi connectivity index (χ0v) is 12.2. The molecule has 0 aliphatic heterocycles. The number of nitrogens with one attached hydrogen (secondary N) is 1. The predicted octanol–water partition coefficient (Wildman–Crippen LogP) is 2.94. The number of nitrogens with zero attached hydrogens (tertiary/aromatic N) is 1. The highest BCUT2D eigenvalue weighted by atomic mass is 16.3. The zero-order chi connectivity index (χ0) is 15.1. The second kappa shape index (κ2) is 7.58. The van der Waals surface area contributed by atoms with Crippen molar-refractivity contribution in [2.75, 3.05) is 6.54 Å². The third-order valence-electron chi connectivity index (χ3n) is 3.58. The van der Waals surface area contributed by atoms with Crippen LogP contribution >= 0.6 is 0 Å². The van der Waals surface area contributed by atoms with Gasteiger partial charge in [0.15, 0.2) is 0 Å². The normalized spacial score (nSPS) is 11.9. The minimum absolute atomic E-state index is 0.490. The standard InChI is InChI=1S/C18H20N2O/c1-2-15-5-3-4-6-17(15)12-20-13-18(21)16-9-7-14(11-19)8-10-16/h3-10,18,20-21H,2,12-13H2,1H3. The van der Waals surface area contributed by atoms with Crippen LogP contribution in [0.1, 0.15) is 35.3 Å². The Morgan fingerprint density at radius 3 is 2.38 bits per heavy atom. The second-order valence-corrected chi connectivity index (χ2v) is 5.00. The monoisotopic (exact) mass is 280 g/mol. The Kier molecular flexibility index (Phi) is 5.51. The van der Waals surface area contributed by atoms with Crippen LogP contribution in [0.3, 0.4) is 0 Å². The maximum atomic E-state index is 10.1. The minimum atomic E-state index is -0.563. The van der Waals surface area contributed by atoms with Crippen LogP contribution in [0.5, 0.6) is 0 Å². The van der Waals surface area contributed by atoms with Crippen molar-refractivity contribution in [2.24, 2.45) is 0 Å². The number of rotatable bonds is 6. The minimum Gasteiger partial charge on any atom is -0.387 e. The van der Waals surface area contributed by atoms with Crippen molar-refractivity contribution in [3.63, 3.8) is 0 Å². The molecule has 0 aromatic heterocycles. The molecule has 0 amide bonds. The predicted molar refractivity (Wildman–Crippen MR) is 83.6 cm³/mol. The fourth-order valence-electron chi connectivity index (χ4n) is 2.32. The Morgan fingerprint density at radius 1 is 1.10 bits per heavy atom. The molecule has 0 aliphatic carbocycles. The van der Waals surface area contributed by atoms with Gasteiger partial charge in [-0.15, -0.1) is 0 Å². The van der Waals surface area contributed by atoms with Gasteiger partial charge in [-0.05, 0) is 35.2 Å². The molecule has 108 valence electrons.